The van der Waals surface area contributed by atoms with Crippen molar-refractivity contribution in [2.45, 2.75) is 46.6 Å². The van der Waals surface area contributed by atoms with Gasteiger partial charge in [0, 0.05) is 19.3 Å². The lowest BCUT2D eigenvalue weighted by Gasteiger charge is -2.18. The lowest BCUT2D eigenvalue weighted by Crippen LogP contribution is -2.24. The van der Waals surface area contributed by atoms with E-state index in [0.717, 1.165) is 0 Å². The molecule has 0 N–H and O–H groups in total. The van der Waals surface area contributed by atoms with Gasteiger partial charge in [0.25, 0.3) is 0 Å². The molecule has 3 unspecified atom stereocenters. The highest BCUT2D eigenvalue weighted by Crippen LogP contribution is 2.28. The van der Waals surface area contributed by atoms with Gasteiger partial charge in [0.1, 0.15) is 12.7 Å². The van der Waals surface area contributed by atoms with E-state index in [2.05, 4.69) is 0 Å². The number of ether oxygens (including phenoxy) is 1. The molecule has 0 bridgehead atoms. The molecular weight excluding hydrogens is 265 g/mol. The fraction of sp³-hybridized carbons (Fsp3) is 0.846. The Morgan fingerprint density at radius 1 is 1.42 bits per heavy atom. The third-order valence-electron chi connectivity index (χ3n) is 2.61. The van der Waals surface area contributed by atoms with Crippen molar-refractivity contribution in [3.8, 4) is 6.07 Å². The second kappa shape index (κ2) is 9.89. The van der Waals surface area contributed by atoms with E-state index >= 15 is 0 Å². The van der Waals surface area contributed by atoms with Crippen LogP contribution in [0.3, 0.4) is 0 Å². The highest BCUT2D eigenvalue weighted by atomic mass is 31.1. The molecule has 0 aromatic heterocycles. The predicted molar refractivity (Wildman–Crippen MR) is 72.8 cm³/mol. The highest BCUT2D eigenvalue weighted by Gasteiger charge is 2.27. The minimum atomic E-state index is -1.70. The van der Waals surface area contributed by atoms with Gasteiger partial charge in [-0.15, -0.1) is 4.52 Å². The molecule has 6 heteroatoms. The summed E-state index contributed by atoms with van der Waals surface area (Å²) in [6.07, 6.45) is 0.866. The Morgan fingerprint density at radius 2 is 2.05 bits per heavy atom. The third kappa shape index (κ3) is 8.69. The Balaban J connectivity index is 4.21. The summed E-state index contributed by atoms with van der Waals surface area (Å²) in [5, 5.41) is 8.99. The van der Waals surface area contributed by atoms with Crippen molar-refractivity contribution in [3.05, 3.63) is 0 Å². The molecule has 0 heterocycles. The molecule has 3 atom stereocenters. The monoisotopic (exact) mass is 288 g/mol. The highest BCUT2D eigenvalue weighted by molar-refractivity contribution is 7.39. The van der Waals surface area contributed by atoms with Gasteiger partial charge in [-0.1, -0.05) is 20.8 Å². The topological polar surface area (TPSA) is 76.4 Å². The van der Waals surface area contributed by atoms with Gasteiger partial charge in [0.05, 0.1) is 0 Å². The quantitative estimate of drug-likeness (QED) is 0.480. The maximum atomic E-state index is 11.6. The Morgan fingerprint density at radius 3 is 2.47 bits per heavy atom. The van der Waals surface area contributed by atoms with Crippen LogP contribution in [-0.2, 0) is 18.6 Å². The molecular formula is C13H23NO4P+. The van der Waals surface area contributed by atoms with Crippen molar-refractivity contribution < 1.29 is 18.6 Å². The summed E-state index contributed by atoms with van der Waals surface area (Å²) in [5.41, 5.74) is 0. The number of carbonyl (C=O) groups is 1. The Bertz CT molecular complexity index is 338. The second-order valence-corrected chi connectivity index (χ2v) is 6.23. The molecule has 0 radical (unpaired) electrons. The first-order chi connectivity index (χ1) is 8.90. The maximum Gasteiger partial charge on any atom is 0.508 e. The van der Waals surface area contributed by atoms with E-state index < -0.39 is 20.1 Å². The molecule has 0 aliphatic heterocycles. The zero-order valence-corrected chi connectivity index (χ0v) is 13.0. The number of hydrogen-bond acceptors (Lipinski definition) is 5. The van der Waals surface area contributed by atoms with E-state index in [1.54, 1.807) is 0 Å². The number of nitriles is 1. The zero-order valence-electron chi connectivity index (χ0n) is 12.1. The molecule has 0 amide bonds. The van der Waals surface area contributed by atoms with Gasteiger partial charge in [-0.3, -0.25) is 4.79 Å². The van der Waals surface area contributed by atoms with Crippen LogP contribution in [0.4, 0.5) is 0 Å². The smallest absolute Gasteiger partial charge is 0.447 e. The minimum Gasteiger partial charge on any atom is -0.447 e. The molecule has 0 aromatic rings. The van der Waals surface area contributed by atoms with Gasteiger partial charge in [0.2, 0.25) is 0 Å². The third-order valence-corrected chi connectivity index (χ3v) is 3.67. The van der Waals surface area contributed by atoms with Crippen molar-refractivity contribution in [2.75, 3.05) is 12.8 Å². The van der Waals surface area contributed by atoms with Gasteiger partial charge in [-0.05, 0) is 16.9 Å². The molecule has 0 fully saturated rings. The number of nitrogens with zero attached hydrogens (tertiary/aromatic N) is 1. The van der Waals surface area contributed by atoms with Crippen LogP contribution in [0.1, 0.15) is 40.5 Å². The Hall–Kier alpha value is -0.980. The fourth-order valence-electron chi connectivity index (χ4n) is 1.54. The molecule has 0 saturated carbocycles. The normalized spacial score (nSPS) is 14.6. The summed E-state index contributed by atoms with van der Waals surface area (Å²) in [5.74, 6) is -0.227. The zero-order chi connectivity index (χ0) is 14.8. The number of carbonyl (C=O) groups excluding carboxylic acids is 1. The minimum absolute atomic E-state index is 0.101. The molecule has 108 valence electrons. The first-order valence-corrected chi connectivity index (χ1v) is 7.91. The lowest BCUT2D eigenvalue weighted by atomic mass is 9.97. The van der Waals surface area contributed by atoms with Crippen molar-refractivity contribution in [1.82, 2.24) is 0 Å². The molecule has 0 aliphatic rings. The lowest BCUT2D eigenvalue weighted by molar-refractivity contribution is -0.146. The first-order valence-electron chi connectivity index (χ1n) is 6.55. The SMILES string of the molecule is CCC(CC[P+](=O)OCC(C)C)C(C#N)OC(C)=O. The maximum absolute atomic E-state index is 11.6. The van der Waals surface area contributed by atoms with Crippen LogP contribution in [0.5, 0.6) is 0 Å². The molecule has 0 saturated heterocycles. The number of hydrogen-bond donors (Lipinski definition) is 0. The van der Waals surface area contributed by atoms with E-state index in [0.29, 0.717) is 31.5 Å². The number of rotatable bonds is 9. The van der Waals surface area contributed by atoms with Gasteiger partial charge < -0.3 is 4.74 Å². The molecule has 5 nitrogen and oxygen atoms in total. The van der Waals surface area contributed by atoms with E-state index in [4.69, 9.17) is 14.5 Å². The van der Waals surface area contributed by atoms with E-state index in [1.165, 1.54) is 6.92 Å². The van der Waals surface area contributed by atoms with E-state index in [9.17, 15) is 9.36 Å². The van der Waals surface area contributed by atoms with Crippen molar-refractivity contribution >= 4 is 14.0 Å². The summed E-state index contributed by atoms with van der Waals surface area (Å²) in [7, 11) is -1.70. The van der Waals surface area contributed by atoms with Crippen LogP contribution in [0.15, 0.2) is 0 Å². The van der Waals surface area contributed by atoms with E-state index in [-0.39, 0.29) is 5.92 Å². The summed E-state index contributed by atoms with van der Waals surface area (Å²) in [6.45, 7) is 7.65. The number of esters is 1. The van der Waals surface area contributed by atoms with Crippen molar-refractivity contribution in [1.29, 1.82) is 5.26 Å². The van der Waals surface area contributed by atoms with Crippen LogP contribution in [0, 0.1) is 23.2 Å². The molecule has 0 rings (SSSR count). The van der Waals surface area contributed by atoms with Crippen LogP contribution in [0.2, 0.25) is 0 Å². The first kappa shape index (κ1) is 18.0. The summed E-state index contributed by atoms with van der Waals surface area (Å²) in [4.78, 5) is 10.9. The summed E-state index contributed by atoms with van der Waals surface area (Å²) >= 11 is 0. The molecule has 0 aromatic carbocycles. The predicted octanol–water partition coefficient (Wildman–Crippen LogP) is 3.27. The van der Waals surface area contributed by atoms with Crippen LogP contribution >= 0.6 is 8.03 Å². The van der Waals surface area contributed by atoms with Gasteiger partial charge >= 0.3 is 14.0 Å². The Labute approximate surface area is 116 Å². The van der Waals surface area contributed by atoms with Gasteiger partial charge in [-0.2, -0.15) is 5.26 Å². The van der Waals surface area contributed by atoms with Crippen LogP contribution < -0.4 is 0 Å². The van der Waals surface area contributed by atoms with Crippen LogP contribution in [-0.4, -0.2) is 24.8 Å². The molecule has 19 heavy (non-hydrogen) atoms. The van der Waals surface area contributed by atoms with E-state index in [1.807, 2.05) is 26.8 Å². The van der Waals surface area contributed by atoms with Gasteiger partial charge in [0.15, 0.2) is 12.3 Å². The Kier molecular flexibility index (Phi) is 9.38. The average molecular weight is 288 g/mol. The van der Waals surface area contributed by atoms with Crippen molar-refractivity contribution in [2.24, 2.45) is 11.8 Å². The summed E-state index contributed by atoms with van der Waals surface area (Å²) < 4.78 is 21.8. The largest absolute Gasteiger partial charge is 0.508 e. The summed E-state index contributed by atoms with van der Waals surface area (Å²) in [6, 6.07) is 1.98. The molecule has 0 spiro atoms. The van der Waals surface area contributed by atoms with Crippen molar-refractivity contribution in [3.63, 3.8) is 0 Å². The second-order valence-electron chi connectivity index (χ2n) is 4.86. The standard InChI is InChI=1S/C13H23NO4P/c1-5-12(13(8-14)18-11(4)15)6-7-19(16)17-9-10(2)3/h10,12-13H,5-7,9H2,1-4H3/q+1. The average Bonchev–Trinajstić information content (AvgIpc) is 2.34. The molecule has 0 aliphatic carbocycles. The van der Waals surface area contributed by atoms with Crippen LogP contribution in [0.25, 0.3) is 0 Å². The fourth-order valence-corrected chi connectivity index (χ4v) is 2.68. The van der Waals surface area contributed by atoms with Gasteiger partial charge in [-0.25, -0.2) is 0 Å².